The molecule has 13 nitrogen and oxygen atoms in total. The molecule has 0 spiro atoms. The quantitative estimate of drug-likeness (QED) is 0.150. The van der Waals surface area contributed by atoms with E-state index in [0.717, 1.165) is 10.8 Å². The van der Waals surface area contributed by atoms with Gasteiger partial charge >= 0.3 is 0 Å². The van der Waals surface area contributed by atoms with Gasteiger partial charge in [-0.1, -0.05) is 48.5 Å². The highest BCUT2D eigenvalue weighted by molar-refractivity contribution is 6.34. The van der Waals surface area contributed by atoms with E-state index in [-0.39, 0.29) is 54.6 Å². The van der Waals surface area contributed by atoms with Crippen LogP contribution in [0.15, 0.2) is 66.9 Å². The molecule has 2 heterocycles. The Hall–Kier alpha value is -10.7. The summed E-state index contributed by atoms with van der Waals surface area (Å²) in [5.41, 5.74) is -2.77. The predicted octanol–water partition coefficient (Wildman–Crippen LogP) is 8.17. The first kappa shape index (κ1) is 36.3. The van der Waals surface area contributed by atoms with Gasteiger partial charge in [-0.15, -0.1) is 0 Å². The van der Waals surface area contributed by atoms with Gasteiger partial charge in [-0.25, -0.2) is 4.98 Å². The molecule has 60 heavy (non-hydrogen) atoms. The number of hydrogen-bond donors (Lipinski definition) is 0. The van der Waals surface area contributed by atoms with Crippen LogP contribution in [0.4, 0.5) is 0 Å². The summed E-state index contributed by atoms with van der Waals surface area (Å²) in [5, 5.41) is 116. The molecule has 0 aliphatic rings. The molecule has 2 aromatic heterocycles. The second-order valence-corrected chi connectivity index (χ2v) is 13.0. The largest absolute Gasteiger partial charge is 0.254 e. The van der Waals surface area contributed by atoms with Crippen molar-refractivity contribution in [1.29, 1.82) is 57.9 Å². The summed E-state index contributed by atoms with van der Waals surface area (Å²) in [7, 11) is 0. The van der Waals surface area contributed by atoms with Crippen molar-refractivity contribution in [1.82, 2.24) is 9.97 Å². The number of nitrogens with zero attached hydrogens (tertiary/aromatic N) is 13. The Morgan fingerprint density at radius 1 is 0.317 bits per heavy atom. The summed E-state index contributed by atoms with van der Waals surface area (Å²) in [6, 6.07) is 38.6. The Kier molecular flexibility index (Phi) is 8.39. The van der Waals surface area contributed by atoms with Gasteiger partial charge in [0.1, 0.15) is 66.8 Å². The van der Waals surface area contributed by atoms with Crippen molar-refractivity contribution < 1.29 is 0 Å². The molecule has 13 heteroatoms. The van der Waals surface area contributed by atoms with Gasteiger partial charge in [-0.2, -0.15) is 57.9 Å². The van der Waals surface area contributed by atoms with Gasteiger partial charge in [-0.05, 0) is 17.7 Å². The van der Waals surface area contributed by atoms with Crippen molar-refractivity contribution in [3.8, 4) is 89.1 Å². The molecule has 8 aromatic rings. The zero-order chi connectivity index (χ0) is 42.4. The summed E-state index contributed by atoms with van der Waals surface area (Å²) in [5.74, 6) is 0. The number of aromatic nitrogens is 2. The normalized spacial score (nSPS) is 10.2. The van der Waals surface area contributed by atoms with Gasteiger partial charge in [0.2, 0.25) is 0 Å². The molecule has 264 valence electrons. The van der Waals surface area contributed by atoms with Crippen LogP contribution < -0.4 is 0 Å². The molecule has 8 rings (SSSR count). The molecule has 0 aliphatic heterocycles. The highest BCUT2D eigenvalue weighted by Crippen LogP contribution is 2.50. The van der Waals surface area contributed by atoms with Crippen LogP contribution >= 0.6 is 0 Å². The van der Waals surface area contributed by atoms with Crippen LogP contribution in [-0.2, 0) is 0 Å². The highest BCUT2D eigenvalue weighted by atomic mass is 14.8. The first-order valence-electron chi connectivity index (χ1n) is 17.2. The predicted molar refractivity (Wildman–Crippen MR) is 212 cm³/mol. The topological polar surface area (TPSA) is 287 Å². The average Bonchev–Trinajstić information content (AvgIpc) is 3.30. The van der Waals surface area contributed by atoms with Crippen LogP contribution in [0, 0.1) is 125 Å². The van der Waals surface area contributed by atoms with Crippen LogP contribution in [0.5, 0.6) is 0 Å². The Morgan fingerprint density at radius 2 is 0.667 bits per heavy atom. The molecule has 0 radical (unpaired) electrons. The standard InChI is InChI=1S/C47H11N13/c48-12-27-28(13-49)33(18-54)42-40(31(27)16-52)41-32(17-53)29(14-50)30(15-51)34(19-55)43(41)45-37(22-58)39(35(20-56)36(21-57)44(42)45)24-5-3-23(4-6-24)38-10-9-26-8-7-25-2-1-11-59-46(25)47(26)60-38/h1-11H. The third kappa shape index (κ3) is 4.74. The molecule has 0 aliphatic carbocycles. The van der Waals surface area contributed by atoms with Gasteiger partial charge in [0.25, 0.3) is 0 Å². The second kappa shape index (κ2) is 13.9. The maximum Gasteiger partial charge on any atom is 0.102 e. The lowest BCUT2D eigenvalue weighted by Gasteiger charge is -2.21. The fraction of sp³-hybridized carbons (Fsp3) is 0. The van der Waals surface area contributed by atoms with Gasteiger partial charge in [0.05, 0.1) is 77.9 Å². The molecule has 0 saturated carbocycles. The van der Waals surface area contributed by atoms with Crippen molar-refractivity contribution in [2.45, 2.75) is 0 Å². The first-order chi connectivity index (χ1) is 29.3. The SMILES string of the molecule is N#Cc1c(C#N)c(C#N)c2c(c1C#N)c1c(C#N)c(C#N)c(C#N)c(C#N)c1c1c(C#N)c(-c3ccc(-c4ccc5ccc6cccnc6c5n4)cc3)c(C#N)c(C#N)c21. The van der Waals surface area contributed by atoms with Crippen molar-refractivity contribution in [2.24, 2.45) is 0 Å². The third-order valence-electron chi connectivity index (χ3n) is 10.4. The number of benzene rings is 6. The lowest BCUT2D eigenvalue weighted by atomic mass is 9.76. The average molecular weight is 758 g/mol. The maximum atomic E-state index is 11.1. The monoisotopic (exact) mass is 757 g/mol. The summed E-state index contributed by atoms with van der Waals surface area (Å²) in [6.45, 7) is 0. The summed E-state index contributed by atoms with van der Waals surface area (Å²) in [6.07, 6.45) is 1.68. The van der Waals surface area contributed by atoms with E-state index in [1.54, 1.807) is 54.7 Å². The molecule has 0 fully saturated rings. The zero-order valence-electron chi connectivity index (χ0n) is 30.2. The van der Waals surface area contributed by atoms with Crippen LogP contribution in [0.25, 0.3) is 76.5 Å². The molecule has 0 N–H and O–H groups in total. The molecular formula is C47H11N13. The van der Waals surface area contributed by atoms with E-state index in [9.17, 15) is 57.9 Å². The van der Waals surface area contributed by atoms with Crippen LogP contribution in [0.2, 0.25) is 0 Å². The molecule has 6 aromatic carbocycles. The van der Waals surface area contributed by atoms with Crippen molar-refractivity contribution in [3.05, 3.63) is 128 Å². The fourth-order valence-electron chi connectivity index (χ4n) is 7.96. The minimum Gasteiger partial charge on any atom is -0.254 e. The number of nitriles is 11. The van der Waals surface area contributed by atoms with Gasteiger partial charge < -0.3 is 0 Å². The number of pyridine rings is 2. The van der Waals surface area contributed by atoms with Crippen LogP contribution in [0.1, 0.15) is 61.2 Å². The Labute approximate surface area is 338 Å². The van der Waals surface area contributed by atoms with Crippen molar-refractivity contribution >= 4 is 54.1 Å². The van der Waals surface area contributed by atoms with Crippen molar-refractivity contribution in [3.63, 3.8) is 0 Å². The van der Waals surface area contributed by atoms with E-state index in [1.165, 1.54) is 0 Å². The number of hydrogen-bond acceptors (Lipinski definition) is 13. The highest BCUT2D eigenvalue weighted by Gasteiger charge is 2.33. The smallest absolute Gasteiger partial charge is 0.102 e. The van der Waals surface area contributed by atoms with Gasteiger partial charge in [-0.3, -0.25) is 4.98 Å². The molecule has 0 bridgehead atoms. The Balaban J connectivity index is 1.61. The van der Waals surface area contributed by atoms with Crippen LogP contribution in [0.3, 0.4) is 0 Å². The molecule has 0 amide bonds. The Morgan fingerprint density at radius 3 is 1.08 bits per heavy atom. The minimum atomic E-state index is -0.573. The first-order valence-corrected chi connectivity index (χ1v) is 17.2. The van der Waals surface area contributed by atoms with E-state index < -0.39 is 50.1 Å². The summed E-state index contributed by atoms with van der Waals surface area (Å²) in [4.78, 5) is 9.40. The minimum absolute atomic E-state index is 0.0867. The third-order valence-corrected chi connectivity index (χ3v) is 10.4. The van der Waals surface area contributed by atoms with E-state index in [0.29, 0.717) is 22.3 Å². The van der Waals surface area contributed by atoms with Crippen LogP contribution in [-0.4, -0.2) is 9.97 Å². The van der Waals surface area contributed by atoms with Crippen molar-refractivity contribution in [2.75, 3.05) is 0 Å². The van der Waals surface area contributed by atoms with E-state index in [1.807, 2.05) is 72.8 Å². The van der Waals surface area contributed by atoms with E-state index in [4.69, 9.17) is 4.98 Å². The second-order valence-electron chi connectivity index (χ2n) is 13.0. The summed E-state index contributed by atoms with van der Waals surface area (Å²) >= 11 is 0. The van der Waals surface area contributed by atoms with Gasteiger partial charge in [0.15, 0.2) is 0 Å². The summed E-state index contributed by atoms with van der Waals surface area (Å²) < 4.78 is 0. The zero-order valence-corrected chi connectivity index (χ0v) is 30.2. The molecular weight excluding hydrogens is 747 g/mol. The number of fused-ring (bicyclic) bond motifs is 9. The van der Waals surface area contributed by atoms with E-state index >= 15 is 0 Å². The lowest BCUT2D eigenvalue weighted by Crippen LogP contribution is -2.07. The molecule has 0 atom stereocenters. The fourth-order valence-corrected chi connectivity index (χ4v) is 7.96. The number of rotatable bonds is 2. The van der Waals surface area contributed by atoms with Gasteiger partial charge in [0, 0.05) is 60.4 Å². The Bertz CT molecular complexity index is 3830. The molecule has 0 saturated heterocycles. The molecule has 0 unspecified atom stereocenters. The van der Waals surface area contributed by atoms with E-state index in [2.05, 4.69) is 11.1 Å². The lowest BCUT2D eigenvalue weighted by molar-refractivity contribution is 1.37. The maximum absolute atomic E-state index is 11.1.